The van der Waals surface area contributed by atoms with Crippen molar-refractivity contribution in [1.29, 1.82) is 0 Å². The molecule has 0 aliphatic rings. The van der Waals surface area contributed by atoms with Gasteiger partial charge in [-0.05, 0) is 53.5 Å². The van der Waals surface area contributed by atoms with E-state index in [1.54, 1.807) is 18.4 Å². The molecule has 0 saturated carbocycles. The van der Waals surface area contributed by atoms with Crippen LogP contribution in [-0.4, -0.2) is 12.2 Å². The highest BCUT2D eigenvalue weighted by atomic mass is 79.9. The number of aliphatic hydroxyl groups excluding tert-OH is 1. The Labute approximate surface area is 119 Å². The van der Waals surface area contributed by atoms with Crippen LogP contribution in [0.2, 0.25) is 0 Å². The van der Waals surface area contributed by atoms with Crippen LogP contribution in [0.25, 0.3) is 0 Å². The molecule has 2 nitrogen and oxygen atoms in total. The van der Waals surface area contributed by atoms with Crippen molar-refractivity contribution in [2.24, 2.45) is 0 Å². The van der Waals surface area contributed by atoms with Gasteiger partial charge in [0.1, 0.15) is 11.9 Å². The lowest BCUT2D eigenvalue weighted by molar-refractivity contribution is 0.214. The maximum Gasteiger partial charge on any atom is 0.125 e. The molecule has 4 heteroatoms. The first kappa shape index (κ1) is 13.6. The van der Waals surface area contributed by atoms with Crippen molar-refractivity contribution in [2.75, 3.05) is 7.11 Å². The lowest BCUT2D eigenvalue weighted by atomic mass is 9.99. The molecular formula is C14H15BrO2S. The van der Waals surface area contributed by atoms with Gasteiger partial charge in [-0.15, -0.1) is 11.3 Å². The van der Waals surface area contributed by atoms with Gasteiger partial charge in [0.15, 0.2) is 0 Å². The van der Waals surface area contributed by atoms with Crippen LogP contribution in [-0.2, 0) is 0 Å². The molecule has 1 N–H and O–H groups in total. The summed E-state index contributed by atoms with van der Waals surface area (Å²) < 4.78 is 6.35. The summed E-state index contributed by atoms with van der Waals surface area (Å²) in [7, 11) is 1.62. The van der Waals surface area contributed by atoms with Crippen LogP contribution in [0.5, 0.6) is 5.75 Å². The average molecular weight is 327 g/mol. The number of hydrogen-bond acceptors (Lipinski definition) is 3. The van der Waals surface area contributed by atoms with Gasteiger partial charge in [-0.1, -0.05) is 11.6 Å². The van der Waals surface area contributed by atoms with E-state index in [9.17, 15) is 5.11 Å². The van der Waals surface area contributed by atoms with Gasteiger partial charge < -0.3 is 9.84 Å². The fourth-order valence-electron chi connectivity index (χ4n) is 1.96. The maximum absolute atomic E-state index is 10.5. The van der Waals surface area contributed by atoms with Gasteiger partial charge in [0.25, 0.3) is 0 Å². The minimum Gasteiger partial charge on any atom is -0.496 e. The number of ether oxygens (including phenoxy) is 1. The number of aliphatic hydroxyl groups is 1. The summed E-state index contributed by atoms with van der Waals surface area (Å²) in [6.07, 6.45) is -0.651. The van der Waals surface area contributed by atoms with Gasteiger partial charge in [-0.3, -0.25) is 0 Å². The topological polar surface area (TPSA) is 29.5 Å². The molecule has 1 heterocycles. The van der Waals surface area contributed by atoms with E-state index in [1.165, 1.54) is 0 Å². The third-order valence-electron chi connectivity index (χ3n) is 2.90. The molecule has 0 radical (unpaired) electrons. The molecule has 2 aromatic rings. The highest BCUT2D eigenvalue weighted by Crippen LogP contribution is 2.37. The molecule has 0 fully saturated rings. The minimum atomic E-state index is -0.651. The molecule has 0 bridgehead atoms. The number of halogens is 1. The number of thiophene rings is 1. The first-order valence-electron chi connectivity index (χ1n) is 5.61. The Kier molecular flexibility index (Phi) is 4.10. The number of rotatable bonds is 3. The molecule has 0 saturated heterocycles. The summed E-state index contributed by atoms with van der Waals surface area (Å²) >= 11 is 5.08. The Morgan fingerprint density at radius 2 is 1.94 bits per heavy atom. The normalized spacial score (nSPS) is 12.5. The van der Waals surface area contributed by atoms with Gasteiger partial charge in [0, 0.05) is 10.4 Å². The number of methoxy groups -OCH3 is 1. The predicted molar refractivity (Wildman–Crippen MR) is 78.5 cm³/mol. The Morgan fingerprint density at radius 1 is 1.22 bits per heavy atom. The zero-order valence-electron chi connectivity index (χ0n) is 10.5. The lowest BCUT2D eigenvalue weighted by Crippen LogP contribution is -2.03. The van der Waals surface area contributed by atoms with Crippen LogP contribution in [0.1, 0.15) is 27.7 Å². The van der Waals surface area contributed by atoms with E-state index < -0.39 is 6.10 Å². The molecule has 1 unspecified atom stereocenters. The van der Waals surface area contributed by atoms with Crippen molar-refractivity contribution < 1.29 is 9.84 Å². The Bertz CT molecular complexity index is 563. The maximum atomic E-state index is 10.5. The molecule has 0 spiro atoms. The van der Waals surface area contributed by atoms with Crippen molar-refractivity contribution in [3.05, 3.63) is 49.6 Å². The SMILES string of the molecule is COc1ccc(C)cc1C(O)c1cc(Br)sc1C. The van der Waals surface area contributed by atoms with Gasteiger partial charge in [0.05, 0.1) is 10.9 Å². The average Bonchev–Trinajstić information content (AvgIpc) is 2.67. The third kappa shape index (κ3) is 2.60. The standard InChI is InChI=1S/C14H15BrO2S/c1-8-4-5-12(17-3)11(6-8)14(16)10-7-13(15)18-9(10)2/h4-7,14,16H,1-3H3. The van der Waals surface area contributed by atoms with Gasteiger partial charge >= 0.3 is 0 Å². The third-order valence-corrected chi connectivity index (χ3v) is 4.47. The smallest absolute Gasteiger partial charge is 0.125 e. The second-order valence-electron chi connectivity index (χ2n) is 4.21. The van der Waals surface area contributed by atoms with Crippen molar-refractivity contribution in [1.82, 2.24) is 0 Å². The van der Waals surface area contributed by atoms with Crippen molar-refractivity contribution in [2.45, 2.75) is 20.0 Å². The van der Waals surface area contributed by atoms with Crippen molar-refractivity contribution in [3.63, 3.8) is 0 Å². The van der Waals surface area contributed by atoms with Crippen LogP contribution in [0.3, 0.4) is 0 Å². The number of hydrogen-bond donors (Lipinski definition) is 1. The zero-order valence-corrected chi connectivity index (χ0v) is 12.9. The van der Waals surface area contributed by atoms with Crippen LogP contribution in [0.15, 0.2) is 28.1 Å². The van der Waals surface area contributed by atoms with Crippen LogP contribution in [0, 0.1) is 13.8 Å². The summed E-state index contributed by atoms with van der Waals surface area (Å²) in [4.78, 5) is 1.11. The molecule has 1 aromatic heterocycles. The van der Waals surface area contributed by atoms with Crippen molar-refractivity contribution >= 4 is 27.3 Å². The summed E-state index contributed by atoms with van der Waals surface area (Å²) in [5.41, 5.74) is 2.85. The van der Waals surface area contributed by atoms with E-state index in [4.69, 9.17) is 4.74 Å². The highest BCUT2D eigenvalue weighted by molar-refractivity contribution is 9.11. The van der Waals surface area contributed by atoms with E-state index >= 15 is 0 Å². The molecule has 2 rings (SSSR count). The second kappa shape index (κ2) is 5.43. The van der Waals surface area contributed by atoms with Gasteiger partial charge in [-0.25, -0.2) is 0 Å². The largest absolute Gasteiger partial charge is 0.496 e. The van der Waals surface area contributed by atoms with Gasteiger partial charge in [0.2, 0.25) is 0 Å². The molecule has 18 heavy (non-hydrogen) atoms. The van der Waals surface area contributed by atoms with Gasteiger partial charge in [-0.2, -0.15) is 0 Å². The van der Waals surface area contributed by atoms with E-state index in [2.05, 4.69) is 15.9 Å². The van der Waals surface area contributed by atoms with Crippen LogP contribution in [0.4, 0.5) is 0 Å². The van der Waals surface area contributed by atoms with E-state index in [-0.39, 0.29) is 0 Å². The number of aryl methyl sites for hydroxylation is 2. The Morgan fingerprint density at radius 3 is 2.50 bits per heavy atom. The van der Waals surface area contributed by atoms with E-state index in [0.29, 0.717) is 0 Å². The van der Waals surface area contributed by atoms with E-state index in [0.717, 1.165) is 31.1 Å². The summed E-state index contributed by atoms with van der Waals surface area (Å²) in [5, 5.41) is 10.5. The molecular weight excluding hydrogens is 312 g/mol. The fourth-order valence-corrected chi connectivity index (χ4v) is 3.71. The molecule has 0 amide bonds. The highest BCUT2D eigenvalue weighted by Gasteiger charge is 2.19. The summed E-state index contributed by atoms with van der Waals surface area (Å²) in [5.74, 6) is 0.717. The second-order valence-corrected chi connectivity index (χ2v) is 6.85. The Balaban J connectivity index is 2.48. The fraction of sp³-hybridized carbons (Fsp3) is 0.286. The first-order chi connectivity index (χ1) is 8.52. The zero-order chi connectivity index (χ0) is 13.3. The summed E-state index contributed by atoms with van der Waals surface area (Å²) in [6, 6.07) is 7.80. The Hall–Kier alpha value is -0.840. The summed E-state index contributed by atoms with van der Waals surface area (Å²) in [6.45, 7) is 4.02. The predicted octanol–water partition coefficient (Wildman–Crippen LogP) is 4.22. The molecule has 1 aromatic carbocycles. The molecule has 0 aliphatic carbocycles. The molecule has 96 valence electrons. The van der Waals surface area contributed by atoms with Crippen LogP contribution < -0.4 is 4.74 Å². The monoisotopic (exact) mass is 326 g/mol. The van der Waals surface area contributed by atoms with Crippen molar-refractivity contribution in [3.8, 4) is 5.75 Å². The first-order valence-corrected chi connectivity index (χ1v) is 7.22. The lowest BCUT2D eigenvalue weighted by Gasteiger charge is -2.15. The quantitative estimate of drug-likeness (QED) is 0.915. The number of benzene rings is 1. The molecule has 1 atom stereocenters. The van der Waals surface area contributed by atoms with E-state index in [1.807, 2.05) is 38.1 Å². The minimum absolute atomic E-state index is 0.651. The van der Waals surface area contributed by atoms with Crippen LogP contribution >= 0.6 is 27.3 Å². The molecule has 0 aliphatic heterocycles.